The van der Waals surface area contributed by atoms with Crippen LogP contribution in [0.15, 0.2) is 48.5 Å². The van der Waals surface area contributed by atoms with Gasteiger partial charge in [-0.25, -0.2) is 4.39 Å². The number of thiophene rings is 1. The molecule has 0 aliphatic carbocycles. The molecule has 0 aliphatic rings. The Hall–Kier alpha value is -2.20. The minimum absolute atomic E-state index is 0.0943. The van der Waals surface area contributed by atoms with Gasteiger partial charge in [-0.15, -0.1) is 11.3 Å². The van der Waals surface area contributed by atoms with Crippen molar-refractivity contribution < 1.29 is 9.18 Å². The van der Waals surface area contributed by atoms with Gasteiger partial charge in [-0.1, -0.05) is 36.4 Å². The summed E-state index contributed by atoms with van der Waals surface area (Å²) in [6.07, 6.45) is 0. The summed E-state index contributed by atoms with van der Waals surface area (Å²) in [7, 11) is 0. The topological polar surface area (TPSA) is 29.1 Å². The molecule has 1 heterocycles. The van der Waals surface area contributed by atoms with E-state index in [2.05, 4.69) is 5.32 Å². The van der Waals surface area contributed by atoms with Gasteiger partial charge >= 0.3 is 0 Å². The fourth-order valence-corrected chi connectivity index (χ4v) is 3.68. The normalized spacial score (nSPS) is 12.3. The van der Waals surface area contributed by atoms with E-state index in [1.807, 2.05) is 43.3 Å². The fourth-order valence-electron chi connectivity index (χ4n) is 2.56. The van der Waals surface area contributed by atoms with Crippen molar-refractivity contribution in [2.75, 3.05) is 0 Å². The largest absolute Gasteiger partial charge is 0.345 e. The molecule has 22 heavy (non-hydrogen) atoms. The van der Waals surface area contributed by atoms with Gasteiger partial charge in [0.25, 0.3) is 5.91 Å². The lowest BCUT2D eigenvalue weighted by molar-refractivity contribution is 0.0943. The van der Waals surface area contributed by atoms with Crippen LogP contribution in [-0.2, 0) is 0 Å². The Morgan fingerprint density at radius 1 is 1.14 bits per heavy atom. The van der Waals surface area contributed by atoms with Gasteiger partial charge in [0.2, 0.25) is 0 Å². The van der Waals surface area contributed by atoms with Crippen LogP contribution in [-0.4, -0.2) is 5.91 Å². The summed E-state index contributed by atoms with van der Waals surface area (Å²) in [4.78, 5) is 13.1. The Bertz CT molecular complexity index is 826. The molecule has 0 fully saturated rings. The molecule has 0 spiro atoms. The second-order valence-corrected chi connectivity index (χ2v) is 6.33. The molecular weight excluding hydrogens is 297 g/mol. The number of rotatable bonds is 3. The van der Waals surface area contributed by atoms with E-state index < -0.39 is 0 Å². The molecule has 1 atom stereocenters. The van der Waals surface area contributed by atoms with E-state index in [0.29, 0.717) is 15.8 Å². The highest BCUT2D eigenvalue weighted by Gasteiger charge is 2.19. The number of nitrogens with one attached hydrogen (secondary N) is 1. The third-order valence-electron chi connectivity index (χ3n) is 3.76. The lowest BCUT2D eigenvalue weighted by atomic mass is 10.1. The number of carbonyl (C=O) groups excluding carboxylic acids is 1. The Balaban J connectivity index is 1.90. The van der Waals surface area contributed by atoms with Gasteiger partial charge < -0.3 is 5.32 Å². The highest BCUT2D eigenvalue weighted by Crippen LogP contribution is 2.32. The Morgan fingerprint density at radius 2 is 1.86 bits per heavy atom. The summed E-state index contributed by atoms with van der Waals surface area (Å²) >= 11 is 1.33. The van der Waals surface area contributed by atoms with E-state index in [9.17, 15) is 9.18 Å². The Kier molecular flexibility index (Phi) is 3.94. The number of fused-ring (bicyclic) bond motifs is 1. The van der Waals surface area contributed by atoms with Crippen molar-refractivity contribution in [1.29, 1.82) is 0 Å². The van der Waals surface area contributed by atoms with E-state index in [1.54, 1.807) is 13.0 Å². The van der Waals surface area contributed by atoms with E-state index >= 15 is 0 Å². The third-order valence-corrected chi connectivity index (χ3v) is 5.01. The molecule has 3 aromatic rings. The van der Waals surface area contributed by atoms with E-state index in [0.717, 1.165) is 10.3 Å². The van der Waals surface area contributed by atoms with Crippen LogP contribution in [0.1, 0.15) is 33.8 Å². The lowest BCUT2D eigenvalue weighted by Gasteiger charge is -2.13. The number of aryl methyl sites for hydroxylation is 1. The van der Waals surface area contributed by atoms with Crippen molar-refractivity contribution in [2.45, 2.75) is 19.9 Å². The van der Waals surface area contributed by atoms with Crippen LogP contribution in [0.4, 0.5) is 4.39 Å². The average molecular weight is 313 g/mol. The molecule has 0 radical (unpaired) electrons. The molecule has 1 N–H and O–H groups in total. The van der Waals surface area contributed by atoms with Gasteiger partial charge in [0, 0.05) is 10.1 Å². The second-order valence-electron chi connectivity index (χ2n) is 5.27. The molecule has 2 aromatic carbocycles. The first kappa shape index (κ1) is 14.7. The standard InChI is InChI=1S/C18H16FNOS/c1-11-16-14(19)9-6-10-15(16)22-17(11)18(21)20-12(2)13-7-4-3-5-8-13/h3-10,12H,1-2H3,(H,20,21). The lowest BCUT2D eigenvalue weighted by Crippen LogP contribution is -2.26. The summed E-state index contributed by atoms with van der Waals surface area (Å²) in [5.74, 6) is -0.434. The fraction of sp³-hybridized carbons (Fsp3) is 0.167. The number of hydrogen-bond donors (Lipinski definition) is 1. The SMILES string of the molecule is Cc1c(C(=O)NC(C)c2ccccc2)sc2cccc(F)c12. The minimum atomic E-state index is -0.276. The van der Waals surface area contributed by atoms with Crippen LogP contribution in [0, 0.1) is 12.7 Å². The molecule has 0 saturated heterocycles. The second kappa shape index (κ2) is 5.89. The number of carbonyl (C=O) groups is 1. The molecule has 112 valence electrons. The highest BCUT2D eigenvalue weighted by atomic mass is 32.1. The first-order valence-corrected chi connectivity index (χ1v) is 7.93. The zero-order chi connectivity index (χ0) is 15.7. The third kappa shape index (κ3) is 2.62. The summed E-state index contributed by atoms with van der Waals surface area (Å²) in [5, 5.41) is 3.53. The van der Waals surface area contributed by atoms with Crippen molar-refractivity contribution in [2.24, 2.45) is 0 Å². The molecular formula is C18H16FNOS. The van der Waals surface area contributed by atoms with Crippen molar-refractivity contribution in [1.82, 2.24) is 5.32 Å². The van der Waals surface area contributed by atoms with Crippen molar-refractivity contribution >= 4 is 27.3 Å². The van der Waals surface area contributed by atoms with Gasteiger partial charge in [-0.2, -0.15) is 0 Å². The van der Waals surface area contributed by atoms with Gasteiger partial charge in [0.15, 0.2) is 0 Å². The van der Waals surface area contributed by atoms with E-state index in [-0.39, 0.29) is 17.8 Å². The van der Waals surface area contributed by atoms with Crippen molar-refractivity contribution in [3.8, 4) is 0 Å². The maximum Gasteiger partial charge on any atom is 0.262 e. The monoisotopic (exact) mass is 313 g/mol. The Morgan fingerprint density at radius 3 is 2.55 bits per heavy atom. The molecule has 0 aliphatic heterocycles. The van der Waals surface area contributed by atoms with Crippen LogP contribution in [0.5, 0.6) is 0 Å². The van der Waals surface area contributed by atoms with Crippen LogP contribution in [0.25, 0.3) is 10.1 Å². The van der Waals surface area contributed by atoms with Crippen LogP contribution >= 0.6 is 11.3 Å². The van der Waals surface area contributed by atoms with E-state index in [1.165, 1.54) is 17.4 Å². The molecule has 2 nitrogen and oxygen atoms in total. The molecule has 0 bridgehead atoms. The van der Waals surface area contributed by atoms with Gasteiger partial charge in [-0.05, 0) is 37.1 Å². The predicted octanol–water partition coefficient (Wildman–Crippen LogP) is 4.84. The summed E-state index contributed by atoms with van der Waals surface area (Å²) in [5.41, 5.74) is 1.75. The predicted molar refractivity (Wildman–Crippen MR) is 88.8 cm³/mol. The number of halogens is 1. The summed E-state index contributed by atoms with van der Waals surface area (Å²) in [6.45, 7) is 3.74. The summed E-state index contributed by atoms with van der Waals surface area (Å²) in [6, 6.07) is 14.6. The van der Waals surface area contributed by atoms with Crippen LogP contribution < -0.4 is 5.32 Å². The van der Waals surface area contributed by atoms with Gasteiger partial charge in [0.05, 0.1) is 10.9 Å². The molecule has 1 aromatic heterocycles. The maximum atomic E-state index is 13.9. The minimum Gasteiger partial charge on any atom is -0.345 e. The van der Waals surface area contributed by atoms with Crippen LogP contribution in [0.3, 0.4) is 0 Å². The molecule has 3 rings (SSSR count). The van der Waals surface area contributed by atoms with E-state index in [4.69, 9.17) is 0 Å². The quantitative estimate of drug-likeness (QED) is 0.736. The maximum absolute atomic E-state index is 13.9. The van der Waals surface area contributed by atoms with Crippen LogP contribution in [0.2, 0.25) is 0 Å². The molecule has 4 heteroatoms. The van der Waals surface area contributed by atoms with Gasteiger partial charge in [-0.3, -0.25) is 4.79 Å². The zero-order valence-electron chi connectivity index (χ0n) is 12.4. The highest BCUT2D eigenvalue weighted by molar-refractivity contribution is 7.21. The summed E-state index contributed by atoms with van der Waals surface area (Å²) < 4.78 is 14.7. The first-order valence-electron chi connectivity index (χ1n) is 7.11. The average Bonchev–Trinajstić information content (AvgIpc) is 2.86. The Labute approximate surface area is 132 Å². The molecule has 1 unspecified atom stereocenters. The van der Waals surface area contributed by atoms with Crippen molar-refractivity contribution in [3.05, 3.63) is 70.4 Å². The zero-order valence-corrected chi connectivity index (χ0v) is 13.2. The van der Waals surface area contributed by atoms with Crippen molar-refractivity contribution in [3.63, 3.8) is 0 Å². The number of benzene rings is 2. The number of amides is 1. The first-order chi connectivity index (χ1) is 10.6. The number of hydrogen-bond acceptors (Lipinski definition) is 2. The smallest absolute Gasteiger partial charge is 0.262 e. The molecule has 1 amide bonds. The van der Waals surface area contributed by atoms with Gasteiger partial charge in [0.1, 0.15) is 5.82 Å². The molecule has 0 saturated carbocycles.